The van der Waals surface area contributed by atoms with E-state index in [4.69, 9.17) is 14.2 Å². The summed E-state index contributed by atoms with van der Waals surface area (Å²) >= 11 is 0.883. The molecule has 0 fully saturated rings. The molecule has 2 heterocycles. The van der Waals surface area contributed by atoms with Gasteiger partial charge in [-0.05, 0) is 96.6 Å². The van der Waals surface area contributed by atoms with E-state index >= 15 is 0 Å². The van der Waals surface area contributed by atoms with Crippen molar-refractivity contribution in [3.63, 3.8) is 0 Å². The number of hydrogen-bond donors (Lipinski definition) is 2. The van der Waals surface area contributed by atoms with Gasteiger partial charge in [0, 0.05) is 17.8 Å². The van der Waals surface area contributed by atoms with Gasteiger partial charge in [0.15, 0.2) is 0 Å². The van der Waals surface area contributed by atoms with Gasteiger partial charge in [-0.3, -0.25) is 13.9 Å². The third-order valence-electron chi connectivity index (χ3n) is 9.06. The smallest absolute Gasteiger partial charge is 0.273 e. The molecule has 300 valence electrons. The molecule has 0 bridgehead atoms. The molecular formula is C38H38N4O11S4. The Morgan fingerprint density at radius 3 is 2.18 bits per heavy atom. The molecule has 0 spiro atoms. The molecule has 57 heavy (non-hydrogen) atoms. The fourth-order valence-electron chi connectivity index (χ4n) is 6.42. The number of hydrogen-bond acceptors (Lipinski definition) is 13. The van der Waals surface area contributed by atoms with E-state index in [1.165, 1.54) is 87.4 Å². The zero-order valence-corrected chi connectivity index (χ0v) is 34.3. The van der Waals surface area contributed by atoms with Crippen LogP contribution in [0, 0.1) is 6.92 Å². The van der Waals surface area contributed by atoms with Crippen LogP contribution in [0.25, 0.3) is 0 Å². The second-order valence-electron chi connectivity index (χ2n) is 12.7. The van der Waals surface area contributed by atoms with Gasteiger partial charge in [-0.1, -0.05) is 30.3 Å². The maximum Gasteiger partial charge on any atom is 0.273 e. The van der Waals surface area contributed by atoms with Crippen LogP contribution < -0.4 is 32.9 Å². The third-order valence-corrected chi connectivity index (χ3v) is 15.0. The summed E-state index contributed by atoms with van der Waals surface area (Å²) in [4.78, 5) is 29.0. The number of amides is 2. The SMILES string of the molecule is COc1ccc(S(=O)(=O)N(CC(=O)NS(=O)(=O)c2cccs2)c2cccc3c2CCN3C(C(=O)NS(=O)(=O)c2ccc(C)cc2OC)c2cccc(OC)c2)cc1. The number of nitrogens with one attached hydrogen (secondary N) is 2. The van der Waals surface area contributed by atoms with Crippen LogP contribution >= 0.6 is 11.3 Å². The summed E-state index contributed by atoms with van der Waals surface area (Å²) in [5, 5.41) is 1.52. The van der Waals surface area contributed by atoms with Gasteiger partial charge in [0.2, 0.25) is 0 Å². The zero-order chi connectivity index (χ0) is 41.1. The number of carbonyl (C=O) groups is 2. The standard InChI is InChI=1S/C38H38N4O11S4/c1-25-13-18-34(33(22-25)53-4)55(45,46)40-38(44)37(26-8-5-9-28(23-26)52-3)41-20-19-30-31(41)10-6-11-32(30)42(57(49,50)29-16-14-27(51-2)15-17-29)24-35(43)39-56(47,48)36-12-7-21-54-36/h5-18,21-23,37H,19-20,24H2,1-4H3,(H,39,43)(H,40,44). The van der Waals surface area contributed by atoms with Crippen molar-refractivity contribution < 1.29 is 49.1 Å². The maximum absolute atomic E-state index is 14.4. The first-order valence-electron chi connectivity index (χ1n) is 17.1. The van der Waals surface area contributed by atoms with Crippen molar-refractivity contribution in [1.29, 1.82) is 0 Å². The van der Waals surface area contributed by atoms with Crippen LogP contribution in [0.2, 0.25) is 0 Å². The van der Waals surface area contributed by atoms with E-state index in [0.29, 0.717) is 28.3 Å². The normalized spacial score (nSPS) is 13.3. The Labute approximate surface area is 335 Å². The molecule has 1 aliphatic rings. The molecule has 4 aromatic carbocycles. The highest BCUT2D eigenvalue weighted by atomic mass is 32.2. The van der Waals surface area contributed by atoms with Gasteiger partial charge >= 0.3 is 0 Å². The highest BCUT2D eigenvalue weighted by Crippen LogP contribution is 2.42. The number of carbonyl (C=O) groups excluding carboxylic acids is 2. The predicted octanol–water partition coefficient (Wildman–Crippen LogP) is 4.39. The lowest BCUT2D eigenvalue weighted by Gasteiger charge is -2.31. The Kier molecular flexibility index (Phi) is 11.8. The fourth-order valence-corrected chi connectivity index (χ4v) is 11.0. The molecule has 2 amide bonds. The predicted molar refractivity (Wildman–Crippen MR) is 213 cm³/mol. The van der Waals surface area contributed by atoms with Crippen LogP contribution in [0.5, 0.6) is 17.2 Å². The van der Waals surface area contributed by atoms with E-state index < -0.39 is 54.5 Å². The molecule has 1 aromatic heterocycles. The Morgan fingerprint density at radius 2 is 1.51 bits per heavy atom. The van der Waals surface area contributed by atoms with Crippen molar-refractivity contribution in [3.8, 4) is 17.2 Å². The number of ether oxygens (including phenoxy) is 3. The first kappa shape index (κ1) is 41.0. The molecule has 6 rings (SSSR count). The van der Waals surface area contributed by atoms with Crippen LogP contribution in [-0.2, 0) is 46.1 Å². The average molecular weight is 855 g/mol. The molecule has 15 nitrogen and oxygen atoms in total. The van der Waals surface area contributed by atoms with E-state index in [2.05, 4.69) is 4.72 Å². The molecule has 2 N–H and O–H groups in total. The third kappa shape index (κ3) is 8.55. The summed E-state index contributed by atoms with van der Waals surface area (Å²) in [6, 6.07) is 22.6. The summed E-state index contributed by atoms with van der Waals surface area (Å²) in [7, 11) is -9.20. The van der Waals surface area contributed by atoms with Crippen molar-refractivity contribution in [2.45, 2.75) is 33.4 Å². The second-order valence-corrected chi connectivity index (χ2v) is 19.0. The summed E-state index contributed by atoms with van der Waals surface area (Å²) < 4.78 is 103. The summed E-state index contributed by atoms with van der Waals surface area (Å²) in [6.07, 6.45) is 0.140. The van der Waals surface area contributed by atoms with Crippen LogP contribution in [0.15, 0.2) is 116 Å². The maximum atomic E-state index is 14.4. The molecule has 0 radical (unpaired) electrons. The fraction of sp³-hybridized carbons (Fsp3) is 0.211. The number of anilines is 2. The number of rotatable bonds is 15. The van der Waals surface area contributed by atoms with Crippen molar-refractivity contribution in [2.75, 3.05) is 43.6 Å². The number of methoxy groups -OCH3 is 3. The molecule has 0 aliphatic carbocycles. The first-order valence-corrected chi connectivity index (χ1v) is 22.4. The van der Waals surface area contributed by atoms with Gasteiger partial charge in [-0.2, -0.15) is 0 Å². The molecule has 1 atom stereocenters. The quantitative estimate of drug-likeness (QED) is 0.151. The Balaban J connectivity index is 1.43. The summed E-state index contributed by atoms with van der Waals surface area (Å²) in [5.41, 5.74) is 1.89. The highest BCUT2D eigenvalue weighted by Gasteiger charge is 2.39. The highest BCUT2D eigenvalue weighted by molar-refractivity contribution is 7.93. The lowest BCUT2D eigenvalue weighted by Crippen LogP contribution is -2.43. The van der Waals surface area contributed by atoms with E-state index in [1.54, 1.807) is 48.2 Å². The molecule has 0 saturated heterocycles. The average Bonchev–Trinajstić information content (AvgIpc) is 3.89. The van der Waals surface area contributed by atoms with Gasteiger partial charge in [0.05, 0.1) is 31.9 Å². The lowest BCUT2D eigenvalue weighted by molar-refractivity contribution is -0.121. The number of benzene rings is 4. The van der Waals surface area contributed by atoms with E-state index in [1.807, 2.05) is 4.72 Å². The molecule has 19 heteroatoms. The molecule has 1 unspecified atom stereocenters. The van der Waals surface area contributed by atoms with Crippen LogP contribution in [0.4, 0.5) is 11.4 Å². The zero-order valence-electron chi connectivity index (χ0n) is 31.0. The van der Waals surface area contributed by atoms with Crippen LogP contribution in [-0.4, -0.2) is 71.5 Å². The number of sulfonamides is 3. The minimum absolute atomic E-state index is 0.0368. The minimum Gasteiger partial charge on any atom is -0.497 e. The van der Waals surface area contributed by atoms with Crippen LogP contribution in [0.3, 0.4) is 0 Å². The summed E-state index contributed by atoms with van der Waals surface area (Å²) in [6.45, 7) is 0.926. The van der Waals surface area contributed by atoms with Crippen molar-refractivity contribution in [2.24, 2.45) is 0 Å². The van der Waals surface area contributed by atoms with Crippen LogP contribution in [0.1, 0.15) is 22.7 Å². The first-order chi connectivity index (χ1) is 27.1. The molecule has 1 aliphatic heterocycles. The summed E-state index contributed by atoms with van der Waals surface area (Å²) in [5.74, 6) is -1.25. The topological polar surface area (TPSA) is 195 Å². The van der Waals surface area contributed by atoms with Crippen molar-refractivity contribution in [1.82, 2.24) is 9.44 Å². The van der Waals surface area contributed by atoms with Gasteiger partial charge in [0.25, 0.3) is 41.9 Å². The van der Waals surface area contributed by atoms with Crippen molar-refractivity contribution in [3.05, 3.63) is 119 Å². The van der Waals surface area contributed by atoms with E-state index in [-0.39, 0.29) is 38.4 Å². The minimum atomic E-state index is -4.57. The van der Waals surface area contributed by atoms with Gasteiger partial charge in [0.1, 0.15) is 38.9 Å². The lowest BCUT2D eigenvalue weighted by atomic mass is 10.0. The van der Waals surface area contributed by atoms with Gasteiger partial charge in [-0.25, -0.2) is 34.7 Å². The number of nitrogens with zero attached hydrogens (tertiary/aromatic N) is 2. The van der Waals surface area contributed by atoms with E-state index in [0.717, 1.165) is 21.2 Å². The number of aryl methyl sites for hydroxylation is 1. The monoisotopic (exact) mass is 854 g/mol. The molecule has 5 aromatic rings. The molecular weight excluding hydrogens is 817 g/mol. The largest absolute Gasteiger partial charge is 0.497 e. The molecule has 0 saturated carbocycles. The number of fused-ring (bicyclic) bond motifs is 1. The van der Waals surface area contributed by atoms with Gasteiger partial charge < -0.3 is 19.1 Å². The van der Waals surface area contributed by atoms with Crippen molar-refractivity contribution >= 4 is 64.6 Å². The van der Waals surface area contributed by atoms with E-state index in [9.17, 15) is 34.8 Å². The number of thiophene rings is 1. The Hall–Kier alpha value is -5.63. The second kappa shape index (κ2) is 16.5. The Morgan fingerprint density at radius 1 is 0.789 bits per heavy atom. The van der Waals surface area contributed by atoms with Gasteiger partial charge in [-0.15, -0.1) is 11.3 Å². The Bertz CT molecular complexity index is 2630.